The van der Waals surface area contributed by atoms with Crippen LogP contribution in [0.25, 0.3) is 0 Å². The number of hydrogen-bond donors (Lipinski definition) is 0. The number of likely N-dealkylation sites (tertiary alicyclic amines) is 1. The third kappa shape index (κ3) is 3.92. The Bertz CT molecular complexity index is 844. The van der Waals surface area contributed by atoms with Crippen molar-refractivity contribution in [3.63, 3.8) is 0 Å². The van der Waals surface area contributed by atoms with E-state index in [9.17, 15) is 14.4 Å². The van der Waals surface area contributed by atoms with Crippen molar-refractivity contribution in [3.05, 3.63) is 65.0 Å². The highest BCUT2D eigenvalue weighted by atomic mass is 19.1. The van der Waals surface area contributed by atoms with Gasteiger partial charge in [0.2, 0.25) is 0 Å². The van der Waals surface area contributed by atoms with Crippen molar-refractivity contribution in [3.8, 4) is 11.8 Å². The Morgan fingerprint density at radius 1 is 1.35 bits per heavy atom. The number of Topliss-reactive ketones (excluding diaryl/α,β-unsaturated/α-hetero) is 1. The lowest BCUT2D eigenvalue weighted by atomic mass is 9.89. The molecule has 0 bridgehead atoms. The van der Waals surface area contributed by atoms with Gasteiger partial charge in [-0.2, -0.15) is 5.26 Å². The zero-order chi connectivity index (χ0) is 18.5. The largest absolute Gasteiger partial charge is 0.496 e. The summed E-state index contributed by atoms with van der Waals surface area (Å²) >= 11 is 0. The molecule has 26 heavy (non-hydrogen) atoms. The Morgan fingerprint density at radius 2 is 2.15 bits per heavy atom. The van der Waals surface area contributed by atoms with Crippen molar-refractivity contribution in [2.75, 3.05) is 20.2 Å². The minimum Gasteiger partial charge on any atom is -0.496 e. The fourth-order valence-electron chi connectivity index (χ4n) is 3.51. The maximum Gasteiger partial charge on any atom is 0.171 e. The molecule has 0 spiro atoms. The van der Waals surface area contributed by atoms with Crippen LogP contribution in [0.5, 0.6) is 5.75 Å². The Morgan fingerprint density at radius 3 is 2.92 bits per heavy atom. The van der Waals surface area contributed by atoms with Crippen LogP contribution in [0, 0.1) is 23.1 Å². The Labute approximate surface area is 152 Å². The minimum absolute atomic E-state index is 0.0837. The quantitative estimate of drug-likeness (QED) is 0.768. The highest BCUT2D eigenvalue weighted by molar-refractivity contribution is 6.00. The summed E-state index contributed by atoms with van der Waals surface area (Å²) in [5.41, 5.74) is 1.93. The number of hydrogen-bond acceptors (Lipinski definition) is 4. The van der Waals surface area contributed by atoms with E-state index in [1.165, 1.54) is 25.3 Å². The Balaban J connectivity index is 1.75. The molecule has 1 atom stereocenters. The normalized spacial score (nSPS) is 17.5. The van der Waals surface area contributed by atoms with Gasteiger partial charge in [-0.05, 0) is 49.2 Å². The molecule has 0 saturated carbocycles. The van der Waals surface area contributed by atoms with Crippen LogP contribution in [0.2, 0.25) is 0 Å². The summed E-state index contributed by atoms with van der Waals surface area (Å²) < 4.78 is 18.8. The predicted octanol–water partition coefficient (Wildman–Crippen LogP) is 3.80. The number of ketones is 1. The molecule has 4 nitrogen and oxygen atoms in total. The van der Waals surface area contributed by atoms with Gasteiger partial charge in [-0.1, -0.05) is 18.2 Å². The first kappa shape index (κ1) is 18.1. The van der Waals surface area contributed by atoms with Crippen molar-refractivity contribution in [1.29, 1.82) is 5.26 Å². The van der Waals surface area contributed by atoms with Crippen molar-refractivity contribution in [1.82, 2.24) is 4.90 Å². The van der Waals surface area contributed by atoms with E-state index >= 15 is 0 Å². The number of carbonyl (C=O) groups is 1. The third-order valence-electron chi connectivity index (χ3n) is 4.84. The van der Waals surface area contributed by atoms with Crippen molar-refractivity contribution in [2.45, 2.75) is 19.4 Å². The van der Waals surface area contributed by atoms with Crippen molar-refractivity contribution < 1.29 is 13.9 Å². The Hall–Kier alpha value is -2.71. The second-order valence-electron chi connectivity index (χ2n) is 6.55. The molecule has 0 aliphatic carbocycles. The zero-order valence-corrected chi connectivity index (χ0v) is 14.7. The lowest BCUT2D eigenvalue weighted by Gasteiger charge is -2.32. The summed E-state index contributed by atoms with van der Waals surface area (Å²) in [4.78, 5) is 15.1. The fraction of sp³-hybridized carbons (Fsp3) is 0.333. The number of benzene rings is 2. The number of rotatable bonds is 5. The highest BCUT2D eigenvalue weighted by Crippen LogP contribution is 2.28. The second-order valence-corrected chi connectivity index (χ2v) is 6.55. The zero-order valence-electron chi connectivity index (χ0n) is 14.7. The number of carbonyl (C=O) groups excluding carboxylic acids is 1. The van der Waals surface area contributed by atoms with Gasteiger partial charge in [0, 0.05) is 19.0 Å². The molecule has 134 valence electrons. The van der Waals surface area contributed by atoms with Crippen LogP contribution in [0.4, 0.5) is 4.39 Å². The van der Waals surface area contributed by atoms with Crippen molar-refractivity contribution in [2.24, 2.45) is 5.92 Å². The third-order valence-corrected chi connectivity index (χ3v) is 4.84. The fourth-order valence-corrected chi connectivity index (χ4v) is 3.51. The van der Waals surface area contributed by atoms with Gasteiger partial charge in [0.15, 0.2) is 5.78 Å². The number of ether oxygens (including phenoxy) is 1. The average molecular weight is 352 g/mol. The molecule has 2 aromatic rings. The van der Waals surface area contributed by atoms with Crippen LogP contribution in [0.3, 0.4) is 0 Å². The molecule has 0 amide bonds. The van der Waals surface area contributed by atoms with Gasteiger partial charge in [0.1, 0.15) is 11.6 Å². The van der Waals surface area contributed by atoms with Crippen LogP contribution in [0.15, 0.2) is 42.5 Å². The highest BCUT2D eigenvalue weighted by Gasteiger charge is 2.28. The van der Waals surface area contributed by atoms with E-state index in [1.807, 2.05) is 18.2 Å². The molecule has 0 unspecified atom stereocenters. The van der Waals surface area contributed by atoms with Crippen LogP contribution in [-0.4, -0.2) is 30.9 Å². The van der Waals surface area contributed by atoms with Gasteiger partial charge in [-0.25, -0.2) is 4.39 Å². The molecule has 1 aliphatic rings. The first-order valence-corrected chi connectivity index (χ1v) is 8.70. The van der Waals surface area contributed by atoms with Gasteiger partial charge in [0.05, 0.1) is 24.3 Å². The van der Waals surface area contributed by atoms with E-state index in [0.29, 0.717) is 30.0 Å². The number of piperidine rings is 1. The molecule has 2 aromatic carbocycles. The van der Waals surface area contributed by atoms with Crippen LogP contribution in [0.1, 0.15) is 34.3 Å². The maximum atomic E-state index is 13.6. The standard InChI is InChI=1S/C21H21FN2O2/c1-26-20-9-8-18(22)11-19(20)21(25)17-7-4-10-24(14-17)13-16-6-3-2-5-15(16)12-23/h2-3,5-6,8-9,11,17H,4,7,10,13-14H2,1H3/t17-/m0/s1. The van der Waals surface area contributed by atoms with Crippen molar-refractivity contribution >= 4 is 5.78 Å². The first-order chi connectivity index (χ1) is 12.6. The van der Waals surface area contributed by atoms with Crippen LogP contribution < -0.4 is 4.74 Å². The summed E-state index contributed by atoms with van der Waals surface area (Å²) in [6, 6.07) is 13.8. The van der Waals surface area contributed by atoms with E-state index in [4.69, 9.17) is 4.74 Å². The molecular formula is C21H21FN2O2. The summed E-state index contributed by atoms with van der Waals surface area (Å²) in [6.07, 6.45) is 1.66. The second kappa shape index (κ2) is 8.11. The van der Waals surface area contributed by atoms with E-state index < -0.39 is 5.82 Å². The number of nitriles is 1. The molecule has 3 rings (SSSR count). The summed E-state index contributed by atoms with van der Waals surface area (Å²) in [5.74, 6) is -0.318. The van der Waals surface area contributed by atoms with E-state index in [2.05, 4.69) is 11.0 Å². The smallest absolute Gasteiger partial charge is 0.171 e. The lowest BCUT2D eigenvalue weighted by Crippen LogP contribution is -2.38. The molecule has 1 saturated heterocycles. The molecular weight excluding hydrogens is 331 g/mol. The number of halogens is 1. The van der Waals surface area contributed by atoms with E-state index in [1.54, 1.807) is 6.07 Å². The average Bonchev–Trinajstić information content (AvgIpc) is 2.68. The SMILES string of the molecule is COc1ccc(F)cc1C(=O)[C@H]1CCCN(Cc2ccccc2C#N)C1. The monoisotopic (exact) mass is 352 g/mol. The summed E-state index contributed by atoms with van der Waals surface area (Å²) in [5, 5.41) is 9.25. The molecule has 1 aliphatic heterocycles. The van der Waals surface area contributed by atoms with E-state index in [-0.39, 0.29) is 11.7 Å². The molecule has 5 heteroatoms. The summed E-state index contributed by atoms with van der Waals surface area (Å²) in [7, 11) is 1.48. The van der Waals surface area contributed by atoms with Gasteiger partial charge >= 0.3 is 0 Å². The molecule has 0 radical (unpaired) electrons. The van der Waals surface area contributed by atoms with Crippen LogP contribution >= 0.6 is 0 Å². The van der Waals surface area contributed by atoms with Crippen LogP contribution in [-0.2, 0) is 6.54 Å². The minimum atomic E-state index is -0.440. The van der Waals surface area contributed by atoms with Gasteiger partial charge in [-0.3, -0.25) is 9.69 Å². The molecule has 1 fully saturated rings. The number of nitrogens with zero attached hydrogens (tertiary/aromatic N) is 2. The van der Waals surface area contributed by atoms with E-state index in [0.717, 1.165) is 24.9 Å². The molecule has 1 heterocycles. The first-order valence-electron chi connectivity index (χ1n) is 8.70. The lowest BCUT2D eigenvalue weighted by molar-refractivity contribution is 0.0808. The molecule has 0 aromatic heterocycles. The van der Waals surface area contributed by atoms with Gasteiger partial charge < -0.3 is 4.74 Å². The Kier molecular flexibility index (Phi) is 5.65. The molecule has 0 N–H and O–H groups in total. The summed E-state index contributed by atoms with van der Waals surface area (Å²) in [6.45, 7) is 2.11. The number of methoxy groups -OCH3 is 1. The van der Waals surface area contributed by atoms with Gasteiger partial charge in [-0.15, -0.1) is 0 Å². The predicted molar refractivity (Wildman–Crippen MR) is 96.4 cm³/mol. The topological polar surface area (TPSA) is 53.3 Å². The van der Waals surface area contributed by atoms with Gasteiger partial charge in [0.25, 0.3) is 0 Å². The maximum absolute atomic E-state index is 13.6.